The Morgan fingerprint density at radius 2 is 2.22 bits per heavy atom. The van der Waals surface area contributed by atoms with Gasteiger partial charge in [0.2, 0.25) is 6.35 Å². The van der Waals surface area contributed by atoms with Gasteiger partial charge in [0.05, 0.1) is 0 Å². The van der Waals surface area contributed by atoms with E-state index in [2.05, 4.69) is 4.99 Å². The maximum absolute atomic E-state index is 8.64. The quantitative estimate of drug-likeness (QED) is 0.380. The topological polar surface area (TPSA) is 79.5 Å². The van der Waals surface area contributed by atoms with Crippen LogP contribution in [-0.4, -0.2) is 45.0 Å². The van der Waals surface area contributed by atoms with Gasteiger partial charge >= 0.3 is 0 Å². The summed E-state index contributed by atoms with van der Waals surface area (Å²) in [5.41, 5.74) is 0. The zero-order valence-corrected chi connectivity index (χ0v) is 4.55. The van der Waals surface area contributed by atoms with Crippen LogP contribution in [0.1, 0.15) is 0 Å². The average Bonchev–Trinajstić information content (AvgIpc) is 1.80. The second-order valence-corrected chi connectivity index (χ2v) is 1.63. The first-order chi connectivity index (χ1) is 4.20. The highest BCUT2D eigenvalue weighted by molar-refractivity contribution is 5.53. The van der Waals surface area contributed by atoms with Gasteiger partial charge in [-0.1, -0.05) is 0 Å². The molecule has 0 fully saturated rings. The summed E-state index contributed by atoms with van der Waals surface area (Å²) < 4.78 is 0. The van der Waals surface area contributed by atoms with Gasteiger partial charge in [0.15, 0.2) is 0 Å². The Balaban J connectivity index is 2.54. The molecule has 0 aromatic carbocycles. The van der Waals surface area contributed by atoms with Crippen LogP contribution in [0, 0.1) is 0 Å². The molecule has 0 radical (unpaired) electrons. The van der Waals surface area contributed by atoms with Crippen LogP contribution in [0.25, 0.3) is 0 Å². The molecule has 0 saturated heterocycles. The van der Waals surface area contributed by atoms with Gasteiger partial charge in [0.1, 0.15) is 13.0 Å². The van der Waals surface area contributed by atoms with Crippen molar-refractivity contribution in [1.82, 2.24) is 10.1 Å². The first-order valence-corrected chi connectivity index (χ1v) is 2.32. The molecular formula is C3H7N3O3. The molecular weight excluding hydrogens is 126 g/mol. The first kappa shape index (κ1) is 6.43. The van der Waals surface area contributed by atoms with E-state index in [4.69, 9.17) is 15.5 Å². The summed E-state index contributed by atoms with van der Waals surface area (Å²) in [4.78, 5) is 3.27. The second-order valence-electron chi connectivity index (χ2n) is 1.63. The predicted octanol–water partition coefficient (Wildman–Crippen LogP) is -1.36. The van der Waals surface area contributed by atoms with Crippen molar-refractivity contribution >= 4 is 6.34 Å². The molecule has 0 saturated carbocycles. The summed E-state index contributed by atoms with van der Waals surface area (Å²) in [6.07, 6.45) is -0.231. The van der Waals surface area contributed by atoms with Gasteiger partial charge in [-0.3, -0.25) is 5.21 Å². The van der Waals surface area contributed by atoms with E-state index < -0.39 is 6.35 Å². The van der Waals surface area contributed by atoms with E-state index in [-0.39, 0.29) is 6.67 Å². The Morgan fingerprint density at radius 3 is 2.67 bits per heavy atom. The number of hydroxylamine groups is 4. The van der Waals surface area contributed by atoms with Crippen molar-refractivity contribution < 1.29 is 15.5 Å². The number of aliphatic hydroxyl groups excluding tert-OH is 1. The lowest BCUT2D eigenvalue weighted by Gasteiger charge is -2.25. The van der Waals surface area contributed by atoms with Crippen molar-refractivity contribution in [3.05, 3.63) is 0 Å². The van der Waals surface area contributed by atoms with Gasteiger partial charge < -0.3 is 10.3 Å². The summed E-state index contributed by atoms with van der Waals surface area (Å²) >= 11 is 0. The lowest BCUT2D eigenvalue weighted by molar-refractivity contribution is -0.246. The summed E-state index contributed by atoms with van der Waals surface area (Å²) in [5, 5.41) is 27.0. The molecule has 1 heterocycles. The molecule has 0 aromatic heterocycles. The maximum atomic E-state index is 8.64. The Morgan fingerprint density at radius 1 is 1.56 bits per heavy atom. The van der Waals surface area contributed by atoms with Gasteiger partial charge in [0.25, 0.3) is 0 Å². The van der Waals surface area contributed by atoms with E-state index in [9.17, 15) is 0 Å². The minimum Gasteiger partial charge on any atom is -0.358 e. The van der Waals surface area contributed by atoms with E-state index in [1.165, 1.54) is 0 Å². The van der Waals surface area contributed by atoms with Crippen LogP contribution in [0.5, 0.6) is 0 Å². The fourth-order valence-corrected chi connectivity index (χ4v) is 0.472. The fourth-order valence-electron chi connectivity index (χ4n) is 0.472. The first-order valence-electron chi connectivity index (χ1n) is 2.32. The Kier molecular flexibility index (Phi) is 1.63. The van der Waals surface area contributed by atoms with Crippen molar-refractivity contribution in [2.75, 3.05) is 6.67 Å². The van der Waals surface area contributed by atoms with Gasteiger partial charge in [-0.2, -0.15) is 0 Å². The fraction of sp³-hybridized carbons (Fsp3) is 0.667. The molecule has 0 amide bonds. The average molecular weight is 133 g/mol. The number of hydrogen-bond donors (Lipinski definition) is 3. The maximum Gasteiger partial charge on any atom is 0.229 e. The number of aliphatic imine (C=N–C) groups is 1. The van der Waals surface area contributed by atoms with Gasteiger partial charge in [-0.05, 0) is 0 Å². The minimum atomic E-state index is -1.26. The molecule has 1 aliphatic rings. The zero-order valence-electron chi connectivity index (χ0n) is 4.55. The Bertz CT molecular complexity index is 127. The Hall–Kier alpha value is -0.690. The summed E-state index contributed by atoms with van der Waals surface area (Å²) in [6.45, 7) is -0.162. The van der Waals surface area contributed by atoms with E-state index >= 15 is 0 Å². The molecule has 1 aliphatic heterocycles. The van der Waals surface area contributed by atoms with Crippen LogP contribution in [0.15, 0.2) is 4.99 Å². The van der Waals surface area contributed by atoms with E-state index in [1.54, 1.807) is 0 Å². The van der Waals surface area contributed by atoms with Crippen LogP contribution in [-0.2, 0) is 0 Å². The normalized spacial score (nSPS) is 29.2. The molecule has 9 heavy (non-hydrogen) atoms. The molecule has 6 nitrogen and oxygen atoms in total. The number of rotatable bonds is 0. The highest BCUT2D eigenvalue weighted by Crippen LogP contribution is 1.98. The number of aliphatic hydroxyl groups is 1. The molecule has 52 valence electrons. The molecule has 0 aromatic rings. The lowest BCUT2D eigenvalue weighted by atomic mass is 10.8. The van der Waals surface area contributed by atoms with Crippen molar-refractivity contribution in [2.45, 2.75) is 6.35 Å². The lowest BCUT2D eigenvalue weighted by Crippen LogP contribution is -2.43. The molecule has 1 unspecified atom stereocenters. The monoisotopic (exact) mass is 133 g/mol. The van der Waals surface area contributed by atoms with Gasteiger partial charge in [-0.25, -0.2) is 10.1 Å². The van der Waals surface area contributed by atoms with Crippen LogP contribution in [0.2, 0.25) is 0 Å². The second kappa shape index (κ2) is 2.28. The zero-order chi connectivity index (χ0) is 6.85. The summed E-state index contributed by atoms with van der Waals surface area (Å²) in [6, 6.07) is 0. The van der Waals surface area contributed by atoms with Gasteiger partial charge in [-0.15, -0.1) is 5.06 Å². The van der Waals surface area contributed by atoms with Crippen molar-refractivity contribution in [3.8, 4) is 0 Å². The Labute approximate surface area is 51.2 Å². The van der Waals surface area contributed by atoms with Crippen molar-refractivity contribution in [3.63, 3.8) is 0 Å². The van der Waals surface area contributed by atoms with Crippen LogP contribution < -0.4 is 0 Å². The standard InChI is InChI=1S/C3H7N3O3/c7-3-4-1-5(8)2-6(3)9/h1,3,7-9H,2H2. The number of hydrogen-bond acceptors (Lipinski definition) is 6. The minimum absolute atomic E-state index is 0.162. The van der Waals surface area contributed by atoms with Crippen LogP contribution >= 0.6 is 0 Å². The highest BCUT2D eigenvalue weighted by Gasteiger charge is 2.17. The molecule has 6 heteroatoms. The molecule has 0 bridgehead atoms. The highest BCUT2D eigenvalue weighted by atomic mass is 16.6. The van der Waals surface area contributed by atoms with Gasteiger partial charge in [0, 0.05) is 0 Å². The third-order valence-electron chi connectivity index (χ3n) is 0.890. The number of nitrogens with zero attached hydrogens (tertiary/aromatic N) is 3. The smallest absolute Gasteiger partial charge is 0.229 e. The third kappa shape index (κ3) is 1.36. The molecule has 1 rings (SSSR count). The summed E-state index contributed by atoms with van der Waals surface area (Å²) in [7, 11) is 0. The summed E-state index contributed by atoms with van der Waals surface area (Å²) in [5.74, 6) is 0. The molecule has 0 aliphatic carbocycles. The van der Waals surface area contributed by atoms with E-state index in [1.807, 2.05) is 0 Å². The van der Waals surface area contributed by atoms with Crippen molar-refractivity contribution in [1.29, 1.82) is 0 Å². The predicted molar refractivity (Wildman–Crippen MR) is 26.6 cm³/mol. The molecule has 3 N–H and O–H groups in total. The largest absolute Gasteiger partial charge is 0.358 e. The molecule has 1 atom stereocenters. The van der Waals surface area contributed by atoms with Crippen LogP contribution in [0.4, 0.5) is 0 Å². The van der Waals surface area contributed by atoms with E-state index in [0.717, 1.165) is 6.34 Å². The SMILES string of the molecule is OC1N=CN(O)CN1O. The molecule has 0 spiro atoms. The van der Waals surface area contributed by atoms with E-state index in [0.29, 0.717) is 10.1 Å². The third-order valence-corrected chi connectivity index (χ3v) is 0.890. The van der Waals surface area contributed by atoms with Crippen molar-refractivity contribution in [2.24, 2.45) is 4.99 Å². The van der Waals surface area contributed by atoms with Crippen LogP contribution in [0.3, 0.4) is 0 Å².